The zero-order valence-corrected chi connectivity index (χ0v) is 17.9. The second-order valence-corrected chi connectivity index (χ2v) is 8.14. The van der Waals surface area contributed by atoms with E-state index in [1.807, 2.05) is 0 Å². The molecule has 2 aromatic rings. The van der Waals surface area contributed by atoms with Crippen LogP contribution in [0.3, 0.4) is 0 Å². The Labute approximate surface area is 177 Å². The molecular weight excluding hydrogens is 443 g/mol. The van der Waals surface area contributed by atoms with Crippen LogP contribution in [0.15, 0.2) is 46.9 Å². The molecule has 8 heteroatoms. The van der Waals surface area contributed by atoms with Crippen molar-refractivity contribution in [1.82, 2.24) is 5.32 Å². The molecule has 0 saturated heterocycles. The number of ether oxygens (including phenoxy) is 1. The number of benzene rings is 2. The Kier molecular flexibility index (Phi) is 7.50. The van der Waals surface area contributed by atoms with Crippen LogP contribution in [0.4, 0.5) is 14.9 Å². The molecular formula is C21H22BrFN2O4. The number of amides is 2. The van der Waals surface area contributed by atoms with E-state index in [2.05, 4.69) is 26.6 Å². The van der Waals surface area contributed by atoms with Crippen LogP contribution in [0.2, 0.25) is 0 Å². The number of halogens is 2. The molecule has 2 aromatic carbocycles. The molecule has 29 heavy (non-hydrogen) atoms. The van der Waals surface area contributed by atoms with Crippen molar-refractivity contribution in [2.24, 2.45) is 0 Å². The molecule has 0 spiro atoms. The molecule has 0 heterocycles. The average Bonchev–Trinajstić information content (AvgIpc) is 2.61. The third-order valence-electron chi connectivity index (χ3n) is 3.64. The van der Waals surface area contributed by atoms with Crippen LogP contribution in [0.25, 0.3) is 0 Å². The van der Waals surface area contributed by atoms with E-state index in [-0.39, 0.29) is 29.8 Å². The van der Waals surface area contributed by atoms with Crippen LogP contribution in [0, 0.1) is 5.82 Å². The van der Waals surface area contributed by atoms with Crippen molar-refractivity contribution in [3.63, 3.8) is 0 Å². The minimum absolute atomic E-state index is 0.0252. The highest BCUT2D eigenvalue weighted by molar-refractivity contribution is 9.10. The minimum Gasteiger partial charge on any atom is -0.444 e. The number of hydrogen-bond donors (Lipinski definition) is 2. The van der Waals surface area contributed by atoms with Gasteiger partial charge in [-0.1, -0.05) is 28.1 Å². The van der Waals surface area contributed by atoms with Gasteiger partial charge in [-0.05, 0) is 51.1 Å². The second kappa shape index (κ2) is 9.65. The molecule has 2 rings (SSSR count). The molecule has 154 valence electrons. The van der Waals surface area contributed by atoms with E-state index in [0.29, 0.717) is 4.47 Å². The Hall–Kier alpha value is -2.74. The van der Waals surface area contributed by atoms with Crippen LogP contribution in [-0.2, 0) is 9.53 Å². The van der Waals surface area contributed by atoms with E-state index in [1.54, 1.807) is 39.0 Å². The predicted octanol–water partition coefficient (Wildman–Crippen LogP) is 4.67. The van der Waals surface area contributed by atoms with E-state index in [9.17, 15) is 18.8 Å². The van der Waals surface area contributed by atoms with E-state index < -0.39 is 29.2 Å². The van der Waals surface area contributed by atoms with E-state index in [1.165, 1.54) is 24.3 Å². The van der Waals surface area contributed by atoms with Gasteiger partial charge in [-0.15, -0.1) is 0 Å². The predicted molar refractivity (Wildman–Crippen MR) is 111 cm³/mol. The summed E-state index contributed by atoms with van der Waals surface area (Å²) in [6.45, 7) is 5.27. The maximum atomic E-state index is 14.0. The smallest absolute Gasteiger partial charge is 0.407 e. The van der Waals surface area contributed by atoms with E-state index >= 15 is 0 Å². The zero-order chi connectivity index (χ0) is 21.6. The quantitative estimate of drug-likeness (QED) is 0.608. The average molecular weight is 465 g/mol. The van der Waals surface area contributed by atoms with Gasteiger partial charge in [0.15, 0.2) is 5.78 Å². The first-order chi connectivity index (χ1) is 13.6. The number of anilines is 1. The van der Waals surface area contributed by atoms with Gasteiger partial charge in [0.1, 0.15) is 11.4 Å². The van der Waals surface area contributed by atoms with Gasteiger partial charge in [0.05, 0.1) is 11.3 Å². The third-order valence-corrected chi connectivity index (χ3v) is 4.13. The summed E-state index contributed by atoms with van der Waals surface area (Å²) < 4.78 is 19.7. The Morgan fingerprint density at radius 2 is 1.76 bits per heavy atom. The summed E-state index contributed by atoms with van der Waals surface area (Å²) in [6, 6.07) is 10.4. The highest BCUT2D eigenvalue weighted by atomic mass is 79.9. The summed E-state index contributed by atoms with van der Waals surface area (Å²) in [5.74, 6) is -1.60. The highest BCUT2D eigenvalue weighted by Gasteiger charge is 2.19. The molecule has 0 bridgehead atoms. The summed E-state index contributed by atoms with van der Waals surface area (Å²) in [6.07, 6.45) is -0.646. The maximum Gasteiger partial charge on any atom is 0.407 e. The molecule has 0 aliphatic carbocycles. The molecule has 2 amide bonds. The van der Waals surface area contributed by atoms with Crippen molar-refractivity contribution >= 4 is 39.4 Å². The second-order valence-electron chi connectivity index (χ2n) is 7.23. The van der Waals surface area contributed by atoms with Crippen molar-refractivity contribution in [3.8, 4) is 0 Å². The van der Waals surface area contributed by atoms with Crippen molar-refractivity contribution in [2.45, 2.75) is 32.8 Å². The standard InChI is InChI=1S/C21H22BrFN2O4/c1-21(2,3)29-20(28)24-11-10-18(26)25-17-9-8-13(22)12-15(17)19(27)14-6-4-5-7-16(14)23/h4-9,12H,10-11H2,1-3H3,(H,24,28)(H,25,26). The third kappa shape index (κ3) is 6.98. The number of carbonyl (C=O) groups is 3. The first-order valence-electron chi connectivity index (χ1n) is 8.92. The van der Waals surface area contributed by atoms with Crippen molar-refractivity contribution in [2.75, 3.05) is 11.9 Å². The van der Waals surface area contributed by atoms with Gasteiger partial charge < -0.3 is 15.4 Å². The minimum atomic E-state index is -0.642. The van der Waals surface area contributed by atoms with Gasteiger partial charge >= 0.3 is 6.09 Å². The van der Waals surface area contributed by atoms with Crippen LogP contribution in [0.1, 0.15) is 43.1 Å². The number of rotatable bonds is 6. The lowest BCUT2D eigenvalue weighted by molar-refractivity contribution is -0.116. The molecule has 0 aliphatic heterocycles. The lowest BCUT2D eigenvalue weighted by Gasteiger charge is -2.19. The van der Waals surface area contributed by atoms with Gasteiger partial charge in [-0.25, -0.2) is 9.18 Å². The number of hydrogen-bond acceptors (Lipinski definition) is 4. The van der Waals surface area contributed by atoms with Gasteiger partial charge in [0.2, 0.25) is 5.91 Å². The molecule has 0 saturated carbocycles. The summed E-state index contributed by atoms with van der Waals surface area (Å²) in [5, 5.41) is 5.12. The van der Waals surface area contributed by atoms with Gasteiger partial charge in [-0.3, -0.25) is 9.59 Å². The van der Waals surface area contributed by atoms with Crippen LogP contribution >= 0.6 is 15.9 Å². The number of alkyl carbamates (subject to hydrolysis) is 1. The molecule has 0 unspecified atom stereocenters. The van der Waals surface area contributed by atoms with Gasteiger partial charge in [0, 0.05) is 23.0 Å². The Morgan fingerprint density at radius 1 is 1.07 bits per heavy atom. The lowest BCUT2D eigenvalue weighted by Crippen LogP contribution is -2.34. The fourth-order valence-electron chi connectivity index (χ4n) is 2.41. The summed E-state index contributed by atoms with van der Waals surface area (Å²) in [4.78, 5) is 36.6. The van der Waals surface area contributed by atoms with E-state index in [4.69, 9.17) is 4.74 Å². The molecule has 0 radical (unpaired) electrons. The Morgan fingerprint density at radius 3 is 2.41 bits per heavy atom. The fourth-order valence-corrected chi connectivity index (χ4v) is 2.77. The molecule has 0 fully saturated rings. The van der Waals surface area contributed by atoms with Gasteiger partial charge in [-0.2, -0.15) is 0 Å². The Balaban J connectivity index is 2.06. The monoisotopic (exact) mass is 464 g/mol. The lowest BCUT2D eigenvalue weighted by atomic mass is 10.0. The Bertz CT molecular complexity index is 925. The SMILES string of the molecule is CC(C)(C)OC(=O)NCCC(=O)Nc1ccc(Br)cc1C(=O)c1ccccc1F. The van der Waals surface area contributed by atoms with Crippen LogP contribution in [-0.4, -0.2) is 29.9 Å². The summed E-state index contributed by atoms with van der Waals surface area (Å²) in [7, 11) is 0. The number of nitrogens with one attached hydrogen (secondary N) is 2. The first kappa shape index (κ1) is 22.5. The molecule has 0 aliphatic rings. The maximum absolute atomic E-state index is 14.0. The van der Waals surface area contributed by atoms with E-state index in [0.717, 1.165) is 0 Å². The fraction of sp³-hybridized carbons (Fsp3) is 0.286. The topological polar surface area (TPSA) is 84.5 Å². The highest BCUT2D eigenvalue weighted by Crippen LogP contribution is 2.25. The van der Waals surface area contributed by atoms with Crippen LogP contribution in [0.5, 0.6) is 0 Å². The van der Waals surface area contributed by atoms with Crippen molar-refractivity contribution < 1.29 is 23.5 Å². The zero-order valence-electron chi connectivity index (χ0n) is 16.3. The molecule has 0 aromatic heterocycles. The molecule has 2 N–H and O–H groups in total. The first-order valence-corrected chi connectivity index (χ1v) is 9.71. The normalized spacial score (nSPS) is 10.9. The summed E-state index contributed by atoms with van der Waals surface area (Å²) in [5.41, 5.74) is -0.319. The number of carbonyl (C=O) groups excluding carboxylic acids is 3. The molecule has 6 nitrogen and oxygen atoms in total. The van der Waals surface area contributed by atoms with Gasteiger partial charge in [0.25, 0.3) is 0 Å². The van der Waals surface area contributed by atoms with Crippen molar-refractivity contribution in [3.05, 3.63) is 63.9 Å². The van der Waals surface area contributed by atoms with Crippen molar-refractivity contribution in [1.29, 1.82) is 0 Å². The molecule has 0 atom stereocenters. The largest absolute Gasteiger partial charge is 0.444 e. The van der Waals surface area contributed by atoms with Crippen LogP contribution < -0.4 is 10.6 Å². The number of ketones is 1. The summed E-state index contributed by atoms with van der Waals surface area (Å²) >= 11 is 3.28.